The average molecular weight is 379 g/mol. The zero-order valence-electron chi connectivity index (χ0n) is 17.8. The Kier molecular flexibility index (Phi) is 4.91. The molecule has 0 aliphatic heterocycles. The average Bonchev–Trinajstić information content (AvgIpc) is 2.64. The van der Waals surface area contributed by atoms with Crippen LogP contribution in [0.5, 0.6) is 5.75 Å². The summed E-state index contributed by atoms with van der Waals surface area (Å²) in [4.78, 5) is 11.5. The highest BCUT2D eigenvalue weighted by molar-refractivity contribution is 6.15. The molecule has 0 heterocycles. The van der Waals surface area contributed by atoms with E-state index >= 15 is 0 Å². The molecule has 0 saturated carbocycles. The van der Waals surface area contributed by atoms with Gasteiger partial charge in [0.1, 0.15) is 5.75 Å². The van der Waals surface area contributed by atoms with E-state index in [2.05, 4.69) is 53.3 Å². The van der Waals surface area contributed by atoms with Crippen LogP contribution in [-0.2, 0) is 15.6 Å². The van der Waals surface area contributed by atoms with Gasteiger partial charge in [-0.1, -0.05) is 52.5 Å². The third-order valence-corrected chi connectivity index (χ3v) is 6.29. The van der Waals surface area contributed by atoms with Gasteiger partial charge < -0.3 is 9.84 Å². The predicted octanol–water partition coefficient (Wildman–Crippen LogP) is 6.12. The normalized spacial score (nSPS) is 16.9. The molecule has 0 unspecified atom stereocenters. The predicted molar refractivity (Wildman–Crippen MR) is 115 cm³/mol. The number of ether oxygens (including phenoxy) is 1. The van der Waals surface area contributed by atoms with Crippen molar-refractivity contribution in [3.05, 3.63) is 59.2 Å². The first-order valence-corrected chi connectivity index (χ1v) is 9.74. The summed E-state index contributed by atoms with van der Waals surface area (Å²) in [5.41, 5.74) is 6.96. The van der Waals surface area contributed by atoms with Gasteiger partial charge in [-0.25, -0.2) is 4.79 Å². The Bertz CT molecular complexity index is 964. The molecule has 0 saturated heterocycles. The van der Waals surface area contributed by atoms with Crippen molar-refractivity contribution < 1.29 is 14.6 Å². The number of hydrogen-bond donors (Lipinski definition) is 1. The van der Waals surface area contributed by atoms with Crippen molar-refractivity contribution in [3.8, 4) is 16.9 Å². The molecule has 2 aromatic carbocycles. The van der Waals surface area contributed by atoms with Gasteiger partial charge >= 0.3 is 5.97 Å². The van der Waals surface area contributed by atoms with E-state index in [1.807, 2.05) is 18.2 Å². The van der Waals surface area contributed by atoms with Crippen LogP contribution in [0.25, 0.3) is 16.7 Å². The number of carboxylic acids is 1. The minimum absolute atomic E-state index is 0.0378. The summed E-state index contributed by atoms with van der Waals surface area (Å²) in [6.45, 7) is 15.1. The SMILES string of the molecule is C=C(C(=O)O)c1cc(-c2cc3c(cc2C)C(C)(C)CCC3(C)C)ccc1OC. The topological polar surface area (TPSA) is 46.5 Å². The molecule has 148 valence electrons. The highest BCUT2D eigenvalue weighted by Gasteiger charge is 2.37. The molecular weight excluding hydrogens is 348 g/mol. The number of methoxy groups -OCH3 is 1. The van der Waals surface area contributed by atoms with Crippen LogP contribution in [0.4, 0.5) is 0 Å². The molecule has 0 radical (unpaired) electrons. The second kappa shape index (κ2) is 6.80. The third kappa shape index (κ3) is 3.34. The maximum atomic E-state index is 11.5. The van der Waals surface area contributed by atoms with Crippen molar-refractivity contribution in [2.75, 3.05) is 7.11 Å². The molecule has 0 atom stereocenters. The van der Waals surface area contributed by atoms with Crippen LogP contribution in [0.15, 0.2) is 36.9 Å². The van der Waals surface area contributed by atoms with Gasteiger partial charge in [0.05, 0.1) is 12.7 Å². The van der Waals surface area contributed by atoms with Gasteiger partial charge in [-0.2, -0.15) is 0 Å². The Morgan fingerprint density at radius 2 is 1.61 bits per heavy atom. The maximum Gasteiger partial charge on any atom is 0.335 e. The molecule has 1 aliphatic carbocycles. The van der Waals surface area contributed by atoms with Crippen LogP contribution in [0.3, 0.4) is 0 Å². The zero-order chi connectivity index (χ0) is 20.9. The maximum absolute atomic E-state index is 11.5. The molecule has 0 aromatic heterocycles. The lowest BCUT2D eigenvalue weighted by Crippen LogP contribution is -2.34. The first kappa shape index (κ1) is 20.2. The van der Waals surface area contributed by atoms with Crippen molar-refractivity contribution in [1.82, 2.24) is 0 Å². The van der Waals surface area contributed by atoms with Crippen LogP contribution in [0, 0.1) is 6.92 Å². The van der Waals surface area contributed by atoms with Gasteiger partial charge in [-0.15, -0.1) is 0 Å². The largest absolute Gasteiger partial charge is 0.496 e. The summed E-state index contributed by atoms with van der Waals surface area (Å²) < 4.78 is 5.36. The van der Waals surface area contributed by atoms with Gasteiger partial charge in [0.2, 0.25) is 0 Å². The molecule has 1 aliphatic rings. The molecular formula is C25H30O3. The summed E-state index contributed by atoms with van der Waals surface area (Å²) >= 11 is 0. The number of hydrogen-bond acceptors (Lipinski definition) is 2. The lowest BCUT2D eigenvalue weighted by Gasteiger charge is -2.42. The Hall–Kier alpha value is -2.55. The molecule has 0 bridgehead atoms. The fraction of sp³-hybridized carbons (Fsp3) is 0.400. The second-order valence-electron chi connectivity index (χ2n) is 9.18. The second-order valence-corrected chi connectivity index (χ2v) is 9.18. The van der Waals surface area contributed by atoms with Gasteiger partial charge in [-0.05, 0) is 70.5 Å². The molecule has 2 aromatic rings. The first-order valence-electron chi connectivity index (χ1n) is 9.74. The fourth-order valence-electron chi connectivity index (χ4n) is 4.26. The molecule has 1 N–H and O–H groups in total. The van der Waals surface area contributed by atoms with E-state index in [1.54, 1.807) is 7.11 Å². The van der Waals surface area contributed by atoms with Crippen LogP contribution in [0.1, 0.15) is 62.8 Å². The summed E-state index contributed by atoms with van der Waals surface area (Å²) in [6.07, 6.45) is 2.33. The molecule has 0 spiro atoms. The number of aryl methyl sites for hydroxylation is 1. The summed E-state index contributed by atoms with van der Waals surface area (Å²) in [5.74, 6) is -0.520. The van der Waals surface area contributed by atoms with Crippen LogP contribution >= 0.6 is 0 Å². The van der Waals surface area contributed by atoms with Gasteiger partial charge in [0.15, 0.2) is 0 Å². The Balaban J connectivity index is 2.22. The molecule has 3 rings (SSSR count). The number of carboxylic acid groups (broad SMARTS) is 1. The lowest BCUT2D eigenvalue weighted by molar-refractivity contribution is -0.130. The first-order chi connectivity index (χ1) is 13.0. The van der Waals surface area contributed by atoms with Crippen molar-refractivity contribution in [2.24, 2.45) is 0 Å². The van der Waals surface area contributed by atoms with Crippen LogP contribution < -0.4 is 4.74 Å². The fourth-order valence-corrected chi connectivity index (χ4v) is 4.26. The van der Waals surface area contributed by atoms with E-state index in [-0.39, 0.29) is 16.4 Å². The van der Waals surface area contributed by atoms with Crippen molar-refractivity contribution in [1.29, 1.82) is 0 Å². The highest BCUT2D eigenvalue weighted by atomic mass is 16.5. The lowest BCUT2D eigenvalue weighted by atomic mass is 9.62. The standard InChI is InChI=1S/C25H30O3/c1-15-12-20-21(25(5,6)11-10-24(20,3)4)14-18(15)17-8-9-22(28-7)19(13-17)16(2)23(26)27/h8-9,12-14H,2,10-11H2,1,3-7H3,(H,26,27). The summed E-state index contributed by atoms with van der Waals surface area (Å²) in [7, 11) is 1.54. The number of fused-ring (bicyclic) bond motifs is 1. The van der Waals surface area contributed by atoms with E-state index in [4.69, 9.17) is 4.74 Å². The molecule has 3 nitrogen and oxygen atoms in total. The van der Waals surface area contributed by atoms with Crippen LogP contribution in [0.2, 0.25) is 0 Å². The van der Waals surface area contributed by atoms with E-state index in [1.165, 1.54) is 23.1 Å². The number of aliphatic carboxylic acids is 1. The Labute approximate surface area is 168 Å². The minimum Gasteiger partial charge on any atom is -0.496 e. The summed E-state index contributed by atoms with van der Waals surface area (Å²) in [6, 6.07) is 10.3. The molecule has 28 heavy (non-hydrogen) atoms. The Morgan fingerprint density at radius 1 is 1.04 bits per heavy atom. The highest BCUT2D eigenvalue weighted by Crippen LogP contribution is 2.47. The van der Waals surface area contributed by atoms with E-state index in [0.29, 0.717) is 11.3 Å². The van der Waals surface area contributed by atoms with E-state index in [9.17, 15) is 9.90 Å². The zero-order valence-corrected chi connectivity index (χ0v) is 17.8. The monoisotopic (exact) mass is 378 g/mol. The number of benzene rings is 2. The van der Waals surface area contributed by atoms with Crippen molar-refractivity contribution in [2.45, 2.75) is 58.3 Å². The minimum atomic E-state index is -1.04. The number of carbonyl (C=O) groups is 1. The molecule has 0 fully saturated rings. The third-order valence-electron chi connectivity index (χ3n) is 6.29. The number of rotatable bonds is 4. The van der Waals surface area contributed by atoms with E-state index in [0.717, 1.165) is 17.5 Å². The van der Waals surface area contributed by atoms with Gasteiger partial charge in [0, 0.05) is 5.56 Å². The quantitative estimate of drug-likeness (QED) is 0.652. The van der Waals surface area contributed by atoms with Crippen molar-refractivity contribution in [3.63, 3.8) is 0 Å². The molecule has 0 amide bonds. The summed E-state index contributed by atoms with van der Waals surface area (Å²) in [5, 5.41) is 9.40. The smallest absolute Gasteiger partial charge is 0.335 e. The van der Waals surface area contributed by atoms with Crippen LogP contribution in [-0.4, -0.2) is 18.2 Å². The van der Waals surface area contributed by atoms with Gasteiger partial charge in [-0.3, -0.25) is 0 Å². The van der Waals surface area contributed by atoms with Gasteiger partial charge in [0.25, 0.3) is 0 Å². The van der Waals surface area contributed by atoms with E-state index < -0.39 is 5.97 Å². The Morgan fingerprint density at radius 3 is 2.14 bits per heavy atom. The molecule has 3 heteroatoms. The van der Waals surface area contributed by atoms with Crippen molar-refractivity contribution >= 4 is 11.5 Å².